The lowest BCUT2D eigenvalue weighted by molar-refractivity contribution is -0.130. The summed E-state index contributed by atoms with van der Waals surface area (Å²) in [7, 11) is 0. The third-order valence-corrected chi connectivity index (χ3v) is 5.11. The van der Waals surface area contributed by atoms with E-state index in [0.29, 0.717) is 22.9 Å². The number of imide groups is 1. The number of ether oxygens (including phenoxy) is 1. The smallest absolute Gasteiger partial charge is 0.325 e. The number of thioether (sulfide) groups is 1. The molecule has 2 aliphatic rings. The molecule has 1 atom stereocenters. The summed E-state index contributed by atoms with van der Waals surface area (Å²) >= 11 is 7.49. The quantitative estimate of drug-likeness (QED) is 0.861. The van der Waals surface area contributed by atoms with Crippen molar-refractivity contribution in [2.75, 3.05) is 24.7 Å². The van der Waals surface area contributed by atoms with Crippen LogP contribution in [0.15, 0.2) is 24.3 Å². The highest BCUT2D eigenvalue weighted by atomic mass is 35.5. The first-order valence-corrected chi connectivity index (χ1v) is 8.24. The van der Waals surface area contributed by atoms with Crippen molar-refractivity contribution in [3.8, 4) is 5.75 Å². The Hall–Kier alpha value is -1.40. The van der Waals surface area contributed by atoms with Gasteiger partial charge < -0.3 is 10.1 Å². The second kappa shape index (κ2) is 5.77. The normalized spacial score (nSPS) is 24.7. The van der Waals surface area contributed by atoms with E-state index in [0.717, 1.165) is 5.75 Å². The molecule has 21 heavy (non-hydrogen) atoms. The molecule has 1 N–H and O–H groups in total. The van der Waals surface area contributed by atoms with Crippen LogP contribution in [0.5, 0.6) is 5.75 Å². The Labute approximate surface area is 132 Å². The summed E-state index contributed by atoms with van der Waals surface area (Å²) in [5.74, 6) is 2.10. The van der Waals surface area contributed by atoms with Crippen molar-refractivity contribution in [2.45, 2.75) is 12.0 Å². The van der Waals surface area contributed by atoms with E-state index in [1.54, 1.807) is 36.0 Å². The Morgan fingerprint density at radius 2 is 2.10 bits per heavy atom. The fourth-order valence-corrected chi connectivity index (χ4v) is 3.95. The molecule has 5 nitrogen and oxygen atoms in total. The fraction of sp³-hybridized carbons (Fsp3) is 0.429. The number of benzene rings is 1. The van der Waals surface area contributed by atoms with Crippen LogP contribution in [-0.4, -0.2) is 47.0 Å². The predicted molar refractivity (Wildman–Crippen MR) is 81.9 cm³/mol. The number of halogens is 1. The summed E-state index contributed by atoms with van der Waals surface area (Å²) < 4.78 is 5.53. The maximum Gasteiger partial charge on any atom is 0.325 e. The summed E-state index contributed by atoms with van der Waals surface area (Å²) in [6, 6.07) is 6.65. The van der Waals surface area contributed by atoms with Gasteiger partial charge in [-0.05, 0) is 36.4 Å². The van der Waals surface area contributed by atoms with E-state index >= 15 is 0 Å². The maximum absolute atomic E-state index is 12.4. The molecule has 0 aromatic heterocycles. The minimum atomic E-state index is -0.679. The highest BCUT2D eigenvalue weighted by molar-refractivity contribution is 7.99. The van der Waals surface area contributed by atoms with Gasteiger partial charge in [-0.25, -0.2) is 4.79 Å². The molecule has 1 spiro atoms. The van der Waals surface area contributed by atoms with Crippen LogP contribution in [0.1, 0.15) is 6.42 Å². The van der Waals surface area contributed by atoms with Crippen LogP contribution in [0.25, 0.3) is 0 Å². The van der Waals surface area contributed by atoms with Crippen molar-refractivity contribution in [3.05, 3.63) is 29.3 Å². The third-order valence-electron chi connectivity index (χ3n) is 3.66. The lowest BCUT2D eigenvalue weighted by atomic mass is 9.99. The SMILES string of the molecule is O=C1N[C@]2(CCSC2)C(=O)N1CCOc1ccc(Cl)cc1. The second-order valence-electron chi connectivity index (χ2n) is 5.07. The number of hydrogen-bond donors (Lipinski definition) is 1. The van der Waals surface area contributed by atoms with E-state index in [-0.39, 0.29) is 25.1 Å². The van der Waals surface area contributed by atoms with Crippen molar-refractivity contribution in [3.63, 3.8) is 0 Å². The van der Waals surface area contributed by atoms with Crippen LogP contribution in [-0.2, 0) is 4.79 Å². The Bertz CT molecular complexity index is 558. The van der Waals surface area contributed by atoms with Crippen LogP contribution in [0, 0.1) is 0 Å². The zero-order valence-corrected chi connectivity index (χ0v) is 12.9. The van der Waals surface area contributed by atoms with Crippen molar-refractivity contribution in [2.24, 2.45) is 0 Å². The van der Waals surface area contributed by atoms with Gasteiger partial charge >= 0.3 is 6.03 Å². The maximum atomic E-state index is 12.4. The van der Waals surface area contributed by atoms with Crippen LogP contribution in [0.2, 0.25) is 5.02 Å². The predicted octanol–water partition coefficient (Wildman–Crippen LogP) is 2.15. The minimum Gasteiger partial charge on any atom is -0.492 e. The van der Waals surface area contributed by atoms with Crippen molar-refractivity contribution in [1.29, 1.82) is 0 Å². The van der Waals surface area contributed by atoms with Crippen LogP contribution < -0.4 is 10.1 Å². The van der Waals surface area contributed by atoms with Gasteiger partial charge in [0.25, 0.3) is 5.91 Å². The summed E-state index contributed by atoms with van der Waals surface area (Å²) in [6.07, 6.45) is 0.705. The molecule has 0 bridgehead atoms. The number of nitrogens with zero attached hydrogens (tertiary/aromatic N) is 1. The topological polar surface area (TPSA) is 58.6 Å². The lowest BCUT2D eigenvalue weighted by Crippen LogP contribution is -2.47. The van der Waals surface area contributed by atoms with Crippen LogP contribution in [0.3, 0.4) is 0 Å². The number of amides is 3. The third kappa shape index (κ3) is 2.82. The molecule has 2 aliphatic heterocycles. The van der Waals surface area contributed by atoms with Gasteiger partial charge in [0.05, 0.1) is 6.54 Å². The first-order chi connectivity index (χ1) is 10.1. The van der Waals surface area contributed by atoms with Gasteiger partial charge in [0.1, 0.15) is 17.9 Å². The number of nitrogens with one attached hydrogen (secondary N) is 1. The number of carbonyl (C=O) groups excluding carboxylic acids is 2. The Balaban J connectivity index is 1.56. The average molecular weight is 327 g/mol. The second-order valence-corrected chi connectivity index (χ2v) is 6.62. The molecule has 2 saturated heterocycles. The number of carbonyl (C=O) groups is 2. The molecule has 112 valence electrons. The van der Waals surface area contributed by atoms with Crippen molar-refractivity contribution >= 4 is 35.3 Å². The minimum absolute atomic E-state index is 0.128. The Kier molecular flexibility index (Phi) is 3.99. The molecule has 3 amide bonds. The van der Waals surface area contributed by atoms with Crippen LogP contribution >= 0.6 is 23.4 Å². The molecule has 0 saturated carbocycles. The number of urea groups is 1. The fourth-order valence-electron chi connectivity index (χ4n) is 2.50. The highest BCUT2D eigenvalue weighted by Crippen LogP contribution is 2.33. The summed E-state index contributed by atoms with van der Waals surface area (Å²) in [5.41, 5.74) is -0.679. The molecule has 1 aromatic rings. The first-order valence-electron chi connectivity index (χ1n) is 6.71. The molecular weight excluding hydrogens is 312 g/mol. The summed E-state index contributed by atoms with van der Waals surface area (Å²) in [4.78, 5) is 25.6. The average Bonchev–Trinajstić information content (AvgIpc) is 3.02. The zero-order chi connectivity index (χ0) is 14.9. The Morgan fingerprint density at radius 1 is 1.33 bits per heavy atom. The largest absolute Gasteiger partial charge is 0.492 e. The molecule has 2 fully saturated rings. The molecule has 7 heteroatoms. The van der Waals surface area contributed by atoms with Crippen LogP contribution in [0.4, 0.5) is 4.79 Å². The summed E-state index contributed by atoms with van der Waals surface area (Å²) in [6.45, 7) is 0.518. The van der Waals surface area contributed by atoms with Gasteiger partial charge in [-0.1, -0.05) is 11.6 Å². The van der Waals surface area contributed by atoms with Crippen molar-refractivity contribution < 1.29 is 14.3 Å². The molecule has 0 aliphatic carbocycles. The van der Waals surface area contributed by atoms with E-state index in [1.165, 1.54) is 4.90 Å². The summed E-state index contributed by atoms with van der Waals surface area (Å²) in [5, 5.41) is 3.47. The van der Waals surface area contributed by atoms with E-state index < -0.39 is 5.54 Å². The van der Waals surface area contributed by atoms with E-state index in [2.05, 4.69) is 5.32 Å². The highest BCUT2D eigenvalue weighted by Gasteiger charge is 2.52. The van der Waals surface area contributed by atoms with Gasteiger partial charge in [0.2, 0.25) is 0 Å². The van der Waals surface area contributed by atoms with E-state index in [9.17, 15) is 9.59 Å². The van der Waals surface area contributed by atoms with Gasteiger partial charge in [-0.3, -0.25) is 9.69 Å². The van der Waals surface area contributed by atoms with Crippen molar-refractivity contribution in [1.82, 2.24) is 10.2 Å². The van der Waals surface area contributed by atoms with Gasteiger partial charge in [-0.2, -0.15) is 11.8 Å². The first kappa shape index (κ1) is 14.5. The number of rotatable bonds is 4. The van der Waals surface area contributed by atoms with E-state index in [1.807, 2.05) is 0 Å². The molecule has 0 unspecified atom stereocenters. The lowest BCUT2D eigenvalue weighted by Gasteiger charge is -2.19. The van der Waals surface area contributed by atoms with Gasteiger partial charge in [0, 0.05) is 10.8 Å². The van der Waals surface area contributed by atoms with Gasteiger partial charge in [-0.15, -0.1) is 0 Å². The van der Waals surface area contributed by atoms with E-state index in [4.69, 9.17) is 16.3 Å². The Morgan fingerprint density at radius 3 is 2.76 bits per heavy atom. The molecule has 3 rings (SSSR count). The zero-order valence-electron chi connectivity index (χ0n) is 11.3. The standard InChI is InChI=1S/C14H15ClN2O3S/c15-10-1-3-11(4-2-10)20-7-6-17-12(18)14(16-13(17)19)5-8-21-9-14/h1-4H,5-9H2,(H,16,19)/t14-/m0/s1. The molecule has 1 aromatic carbocycles. The molecular formula is C14H15ClN2O3S. The number of hydrogen-bond acceptors (Lipinski definition) is 4. The van der Waals surface area contributed by atoms with Gasteiger partial charge in [0.15, 0.2) is 0 Å². The molecule has 2 heterocycles. The monoisotopic (exact) mass is 326 g/mol. The molecule has 0 radical (unpaired) electrons.